The number of unbranched alkanes of at least 4 members (excludes halogenated alkanes) is 2. The van der Waals surface area contributed by atoms with E-state index >= 15 is 0 Å². The number of aliphatic hydroxyl groups is 1. The Morgan fingerprint density at radius 1 is 0.867 bits per heavy atom. The van der Waals surface area contributed by atoms with Gasteiger partial charge in [0.2, 0.25) is 0 Å². The Labute approximate surface area is 288 Å². The zero-order chi connectivity index (χ0) is 33.4. The molecule has 3 unspecified atom stereocenters. The van der Waals surface area contributed by atoms with Crippen LogP contribution < -0.4 is 0 Å². The first kappa shape index (κ1) is 39.3. The second-order valence-corrected chi connectivity index (χ2v) is 16.8. The Bertz CT molecular complexity index is 997. The van der Waals surface area contributed by atoms with Crippen LogP contribution in [0.2, 0.25) is 24.3 Å². The quantitative estimate of drug-likeness (QED) is 0.0596. The van der Waals surface area contributed by atoms with Crippen LogP contribution in [0.25, 0.3) is 0 Å². The molecule has 2 fully saturated rings. The lowest BCUT2D eigenvalue weighted by atomic mass is 8.57. The van der Waals surface area contributed by atoms with Crippen LogP contribution in [-0.2, 0) is 6.54 Å². The maximum absolute atomic E-state index is 11.3. The number of nitrogens with zero attached hydrogens (tertiary/aromatic N) is 4. The molecule has 0 bridgehead atoms. The van der Waals surface area contributed by atoms with Crippen molar-refractivity contribution < 1.29 is 10.0 Å². The van der Waals surface area contributed by atoms with Crippen LogP contribution in [0.1, 0.15) is 38.5 Å². The van der Waals surface area contributed by atoms with E-state index in [9.17, 15) is 15.2 Å². The third-order valence-electron chi connectivity index (χ3n) is 12.1. The highest BCUT2D eigenvalue weighted by Gasteiger charge is 2.50. The lowest BCUT2D eigenvalue weighted by molar-refractivity contribution is -0.397. The van der Waals surface area contributed by atoms with Gasteiger partial charge < -0.3 is 20.1 Å². The van der Waals surface area contributed by atoms with Crippen LogP contribution in [0, 0.1) is 10.1 Å². The Morgan fingerprint density at radius 3 is 1.73 bits per heavy atom. The van der Waals surface area contributed by atoms with Crippen molar-refractivity contribution >= 4 is 148 Å². The lowest BCUT2D eigenvalue weighted by Gasteiger charge is -2.25. The number of hydrogen-bond donors (Lipinski definition) is 1. The van der Waals surface area contributed by atoms with Crippen molar-refractivity contribution in [3.63, 3.8) is 0 Å². The lowest BCUT2D eigenvalue weighted by Crippen LogP contribution is -2.63. The van der Waals surface area contributed by atoms with Crippen LogP contribution in [0.4, 0.5) is 5.95 Å². The second-order valence-electron chi connectivity index (χ2n) is 16.8. The van der Waals surface area contributed by atoms with Crippen molar-refractivity contribution in [2.75, 3.05) is 19.6 Å². The minimum atomic E-state index is -0.660. The molecule has 0 spiro atoms. The molecule has 0 radical (unpaired) electrons. The van der Waals surface area contributed by atoms with Gasteiger partial charge >= 0.3 is 5.95 Å². The topological polar surface area (TPSA) is 84.4 Å². The van der Waals surface area contributed by atoms with Crippen molar-refractivity contribution in [3.05, 3.63) is 22.5 Å². The molecular formula is C18H50B20N4O3. The molecule has 1 aromatic heterocycles. The van der Waals surface area contributed by atoms with E-state index in [0.29, 0.717) is 6.54 Å². The summed E-state index contributed by atoms with van der Waals surface area (Å²) in [6, 6.07) is 0. The van der Waals surface area contributed by atoms with Gasteiger partial charge in [-0.25, -0.2) is 4.57 Å². The predicted molar refractivity (Wildman–Crippen MR) is 239 cm³/mol. The van der Waals surface area contributed by atoms with E-state index in [4.69, 9.17) is 0 Å². The molecule has 0 amide bonds. The van der Waals surface area contributed by atoms with Gasteiger partial charge in [-0.1, -0.05) is 54.9 Å². The van der Waals surface area contributed by atoms with E-state index in [1.807, 2.05) is 0 Å². The van der Waals surface area contributed by atoms with Gasteiger partial charge in [-0.15, -0.1) is 0 Å². The van der Waals surface area contributed by atoms with Gasteiger partial charge in [-0.2, -0.15) is 0 Å². The summed E-state index contributed by atoms with van der Waals surface area (Å²) in [4.78, 5) is 17.1. The molecule has 0 saturated carbocycles. The van der Waals surface area contributed by atoms with Gasteiger partial charge in [0.05, 0.1) is 103 Å². The van der Waals surface area contributed by atoms with Gasteiger partial charge in [-0.05, 0) is 30.9 Å². The first-order chi connectivity index (χ1) is 21.2. The molecule has 7 nitrogen and oxygen atoms in total. The smallest absolute Gasteiger partial charge is 0.390 e. The normalized spacial score (nSPS) is 17.5. The van der Waals surface area contributed by atoms with Crippen molar-refractivity contribution in [1.82, 2.24) is 14.5 Å². The third kappa shape index (κ3) is 12.0. The Balaban J connectivity index is 1.48. The Kier molecular flexibility index (Phi) is 16.2. The molecule has 27 heteroatoms. The predicted octanol–water partition coefficient (Wildman–Crippen LogP) is -9.56. The van der Waals surface area contributed by atoms with Gasteiger partial charge in [0.1, 0.15) is 12.4 Å². The maximum Gasteiger partial charge on any atom is 0.434 e. The van der Waals surface area contributed by atoms with Crippen LogP contribution in [0.3, 0.4) is 0 Å². The first-order valence-corrected chi connectivity index (χ1v) is 18.8. The molecule has 3 heterocycles. The van der Waals surface area contributed by atoms with E-state index in [1.165, 1.54) is 49.1 Å². The summed E-state index contributed by atoms with van der Waals surface area (Å²) < 4.78 is 1.47. The third-order valence-corrected chi connectivity index (χ3v) is 12.1. The van der Waals surface area contributed by atoms with Crippen LogP contribution in [-0.4, -0.2) is 192 Å². The van der Waals surface area contributed by atoms with Crippen molar-refractivity contribution in [3.8, 4) is 0 Å². The highest BCUT2D eigenvalue weighted by molar-refractivity contribution is 8.01. The fourth-order valence-corrected chi connectivity index (χ4v) is 9.00. The van der Waals surface area contributed by atoms with E-state index in [1.54, 1.807) is 6.20 Å². The van der Waals surface area contributed by atoms with Gasteiger partial charge in [0.15, 0.2) is 0 Å². The molecule has 45 heavy (non-hydrogen) atoms. The highest BCUT2D eigenvalue weighted by atomic mass is 16.6. The highest BCUT2D eigenvalue weighted by Crippen LogP contribution is 2.44. The van der Waals surface area contributed by atoms with Crippen molar-refractivity contribution in [2.24, 2.45) is 0 Å². The Hall–Kier alpha value is -0.171. The van der Waals surface area contributed by atoms with Gasteiger partial charge in [0.25, 0.3) is 0 Å². The standard InChI is InChI=1S/C18H50B20N4O3/c19-31(20)35(27)37(33(23)24)29-11-15(29)5-1-3-8-40(13-17(43)14-41-10-7-39-18(41)42(44)45)9-4-2-6-16-12-30(16)38(34(25)26)36(28)32(21)22/h7,10,15-17,43H,1-6,8-9,11-14,19-28H2. The van der Waals surface area contributed by atoms with Crippen molar-refractivity contribution in [2.45, 2.75) is 75.4 Å². The summed E-state index contributed by atoms with van der Waals surface area (Å²) in [7, 11) is 24.1. The molecule has 2 aliphatic rings. The number of hydrogen-bond acceptors (Lipinski definition) is 5. The minimum absolute atomic E-state index is 0.198. The van der Waals surface area contributed by atoms with Gasteiger partial charge in [-0.3, -0.25) is 0 Å². The molecular weight excluding hydrogens is 536 g/mol. The summed E-state index contributed by atoms with van der Waals surface area (Å²) in [5, 5.41) is 22.3. The second kappa shape index (κ2) is 18.6. The number of nitro groups is 1. The fraction of sp³-hybridized carbons (Fsp3) is 0.833. The molecule has 1 N–H and O–H groups in total. The molecule has 0 aromatic carbocycles. The fourth-order valence-electron chi connectivity index (χ4n) is 9.00. The van der Waals surface area contributed by atoms with E-state index < -0.39 is 11.0 Å². The van der Waals surface area contributed by atoms with Crippen molar-refractivity contribution in [1.29, 1.82) is 0 Å². The summed E-state index contributed by atoms with van der Waals surface area (Å²) in [6.07, 6.45) is 18.9. The zero-order valence-corrected chi connectivity index (χ0v) is 30.7. The monoisotopic (exact) mass is 591 g/mol. The summed E-state index contributed by atoms with van der Waals surface area (Å²) in [6.45, 7) is 4.53. The van der Waals surface area contributed by atoms with E-state index in [-0.39, 0.29) is 12.5 Å². The van der Waals surface area contributed by atoms with E-state index in [0.717, 1.165) is 102 Å². The average molecular weight is 587 g/mol. The average Bonchev–Trinajstić information content (AvgIpc) is 3.84. The van der Waals surface area contributed by atoms with Crippen LogP contribution >= 0.6 is 0 Å². The molecule has 2 saturated heterocycles. The Morgan fingerprint density at radius 2 is 1.33 bits per heavy atom. The number of aliphatic hydroxyl groups excluding tert-OH is 1. The summed E-state index contributed by atoms with van der Waals surface area (Å²) in [5.74, 6) is 1.58. The number of aromatic nitrogens is 2. The molecule has 0 aliphatic carbocycles. The van der Waals surface area contributed by atoms with Crippen LogP contribution in [0.15, 0.2) is 12.4 Å². The van der Waals surface area contributed by atoms with Crippen LogP contribution in [0.5, 0.6) is 0 Å². The number of imidazole rings is 1. The van der Waals surface area contributed by atoms with E-state index in [2.05, 4.69) is 87.3 Å². The zero-order valence-electron chi connectivity index (χ0n) is 30.7. The first-order valence-electron chi connectivity index (χ1n) is 18.8. The minimum Gasteiger partial charge on any atom is -0.390 e. The largest absolute Gasteiger partial charge is 0.434 e. The maximum atomic E-state index is 11.3. The SMILES string of the molecule is BB(B)B(B)B(B(B)B)B1CC1CCCCN(CCCCC1CB1B(B(B)B)B(B)B(B)B)CC(O)Cn1ccnc1[N+](=O)[O-]. The molecule has 2 aliphatic heterocycles. The van der Waals surface area contributed by atoms with Gasteiger partial charge in [0, 0.05) is 57.6 Å². The summed E-state index contributed by atoms with van der Waals surface area (Å²) >= 11 is 0. The molecule has 3 rings (SSSR count). The summed E-state index contributed by atoms with van der Waals surface area (Å²) in [5.41, 5.74) is 0. The molecule has 1 aromatic rings. The number of rotatable bonds is 23. The molecule has 220 valence electrons. The molecule has 3 atom stereocenters.